The molecule has 126 valence electrons. The first-order valence-electron chi connectivity index (χ1n) is 7.78. The molecular weight excluding hydrogens is 324 g/mol. The van der Waals surface area contributed by atoms with Crippen LogP contribution in [0.1, 0.15) is 36.6 Å². The van der Waals surface area contributed by atoms with Crippen LogP contribution in [-0.2, 0) is 4.79 Å². The van der Waals surface area contributed by atoms with Crippen molar-refractivity contribution in [3.63, 3.8) is 0 Å². The van der Waals surface area contributed by atoms with Crippen molar-refractivity contribution in [2.24, 2.45) is 0 Å². The number of hydrogen-bond donors (Lipinski definition) is 1. The molecular formula is C17H20N4O2S. The zero-order chi connectivity index (χ0) is 17.3. The van der Waals surface area contributed by atoms with Crippen LogP contribution in [0, 0.1) is 13.8 Å². The third-order valence-electron chi connectivity index (χ3n) is 3.65. The van der Waals surface area contributed by atoms with Crippen LogP contribution < -0.4 is 10.1 Å². The summed E-state index contributed by atoms with van der Waals surface area (Å²) < 4.78 is 7.43. The first-order chi connectivity index (χ1) is 11.4. The number of fused-ring (bicyclic) bond motifs is 1. The molecule has 3 aromatic rings. The Morgan fingerprint density at radius 1 is 1.38 bits per heavy atom. The van der Waals surface area contributed by atoms with Crippen LogP contribution in [0.3, 0.4) is 0 Å². The quantitative estimate of drug-likeness (QED) is 0.768. The van der Waals surface area contributed by atoms with Gasteiger partial charge in [-0.15, -0.1) is 16.4 Å². The predicted molar refractivity (Wildman–Crippen MR) is 95.0 cm³/mol. The number of aromatic nitrogens is 3. The van der Waals surface area contributed by atoms with Gasteiger partial charge in [0.1, 0.15) is 5.75 Å². The van der Waals surface area contributed by atoms with Gasteiger partial charge in [0.05, 0.1) is 5.69 Å². The number of anilines is 1. The van der Waals surface area contributed by atoms with E-state index in [4.69, 9.17) is 4.74 Å². The molecule has 0 fully saturated rings. The van der Waals surface area contributed by atoms with E-state index < -0.39 is 0 Å². The highest BCUT2D eigenvalue weighted by Crippen LogP contribution is 2.27. The lowest BCUT2D eigenvalue weighted by atomic mass is 10.0. The molecule has 3 rings (SSSR count). The van der Waals surface area contributed by atoms with Crippen molar-refractivity contribution in [2.45, 2.75) is 33.6 Å². The van der Waals surface area contributed by atoms with Gasteiger partial charge in [0, 0.05) is 5.38 Å². The van der Waals surface area contributed by atoms with Crippen molar-refractivity contribution in [1.29, 1.82) is 0 Å². The predicted octanol–water partition coefficient (Wildman–Crippen LogP) is 3.55. The highest BCUT2D eigenvalue weighted by molar-refractivity contribution is 7.15. The molecule has 0 aliphatic rings. The number of thiazole rings is 1. The second-order valence-corrected chi connectivity index (χ2v) is 6.88. The number of amides is 1. The van der Waals surface area contributed by atoms with Gasteiger partial charge in [-0.2, -0.15) is 4.98 Å². The molecule has 1 amide bonds. The molecule has 6 nitrogen and oxygen atoms in total. The summed E-state index contributed by atoms with van der Waals surface area (Å²) >= 11 is 1.49. The van der Waals surface area contributed by atoms with Crippen molar-refractivity contribution in [1.82, 2.24) is 14.6 Å². The van der Waals surface area contributed by atoms with Crippen LogP contribution >= 0.6 is 11.3 Å². The first kappa shape index (κ1) is 16.4. The zero-order valence-electron chi connectivity index (χ0n) is 14.2. The Morgan fingerprint density at radius 2 is 2.17 bits per heavy atom. The molecule has 0 radical (unpaired) electrons. The Hall–Kier alpha value is -2.41. The maximum Gasteiger partial charge on any atom is 0.264 e. The molecule has 7 heteroatoms. The Morgan fingerprint density at radius 3 is 2.88 bits per heavy atom. The van der Waals surface area contributed by atoms with Crippen molar-refractivity contribution in [3.8, 4) is 5.75 Å². The fraction of sp³-hybridized carbons (Fsp3) is 0.353. The summed E-state index contributed by atoms with van der Waals surface area (Å²) in [6.07, 6.45) is 0. The summed E-state index contributed by atoms with van der Waals surface area (Å²) in [5.41, 5.74) is 3.17. The van der Waals surface area contributed by atoms with Crippen LogP contribution in [0.15, 0.2) is 23.6 Å². The van der Waals surface area contributed by atoms with Gasteiger partial charge in [0.25, 0.3) is 11.9 Å². The van der Waals surface area contributed by atoms with Crippen LogP contribution in [0.25, 0.3) is 4.96 Å². The van der Waals surface area contributed by atoms with Crippen molar-refractivity contribution < 1.29 is 9.53 Å². The van der Waals surface area contributed by atoms with Crippen LogP contribution in [0.2, 0.25) is 0 Å². The number of aryl methyl sites for hydroxylation is 2. The molecule has 0 aliphatic carbocycles. The summed E-state index contributed by atoms with van der Waals surface area (Å²) in [4.78, 5) is 17.1. The molecule has 0 aliphatic heterocycles. The van der Waals surface area contributed by atoms with Gasteiger partial charge in [-0.1, -0.05) is 26.0 Å². The number of nitrogens with one attached hydrogen (secondary N) is 1. The molecule has 24 heavy (non-hydrogen) atoms. The molecule has 0 bridgehead atoms. The van der Waals surface area contributed by atoms with E-state index in [1.54, 1.807) is 4.52 Å². The van der Waals surface area contributed by atoms with Crippen molar-refractivity contribution in [2.75, 3.05) is 11.9 Å². The van der Waals surface area contributed by atoms with Crippen molar-refractivity contribution in [3.05, 3.63) is 40.4 Å². The van der Waals surface area contributed by atoms with Crippen LogP contribution in [0.5, 0.6) is 5.75 Å². The third-order valence-corrected chi connectivity index (χ3v) is 4.58. The third kappa shape index (κ3) is 3.41. The Bertz CT molecular complexity index is 882. The fourth-order valence-electron chi connectivity index (χ4n) is 2.39. The van der Waals surface area contributed by atoms with E-state index in [1.165, 1.54) is 11.3 Å². The van der Waals surface area contributed by atoms with E-state index in [0.29, 0.717) is 11.9 Å². The maximum absolute atomic E-state index is 12.1. The molecule has 0 atom stereocenters. The SMILES string of the molecule is Cc1ccc(C(C)C)c(OCC(=O)Nc2nc3scc(C)n3n2)c1. The molecule has 0 saturated carbocycles. The van der Waals surface area contributed by atoms with E-state index in [1.807, 2.05) is 37.4 Å². The summed E-state index contributed by atoms with van der Waals surface area (Å²) in [6, 6.07) is 6.05. The van der Waals surface area contributed by atoms with Gasteiger partial charge in [0.15, 0.2) is 6.61 Å². The Balaban J connectivity index is 1.66. The highest BCUT2D eigenvalue weighted by atomic mass is 32.1. The molecule has 0 saturated heterocycles. The number of benzene rings is 1. The van der Waals surface area contributed by atoms with Crippen LogP contribution in [0.4, 0.5) is 5.95 Å². The summed E-state index contributed by atoms with van der Waals surface area (Å²) in [5, 5.41) is 8.90. The second-order valence-electron chi connectivity index (χ2n) is 6.04. The van der Waals surface area contributed by atoms with E-state index >= 15 is 0 Å². The molecule has 0 spiro atoms. The normalized spacial score (nSPS) is 11.2. The highest BCUT2D eigenvalue weighted by Gasteiger charge is 2.13. The standard InChI is InChI=1S/C17H20N4O2S/c1-10(2)13-6-5-11(3)7-14(13)23-8-15(22)18-16-19-17-21(20-16)12(4)9-24-17/h5-7,9-10H,8H2,1-4H3,(H,18,20,22). The van der Waals surface area contributed by atoms with E-state index in [-0.39, 0.29) is 12.5 Å². The average molecular weight is 344 g/mol. The molecule has 0 unspecified atom stereocenters. The van der Waals surface area contributed by atoms with Gasteiger partial charge in [-0.25, -0.2) is 4.52 Å². The molecule has 2 heterocycles. The number of carbonyl (C=O) groups excluding carboxylic acids is 1. The number of hydrogen-bond acceptors (Lipinski definition) is 5. The maximum atomic E-state index is 12.1. The van der Waals surface area contributed by atoms with Gasteiger partial charge in [0.2, 0.25) is 4.96 Å². The van der Waals surface area contributed by atoms with E-state index in [9.17, 15) is 4.79 Å². The number of carbonyl (C=O) groups is 1. The van der Waals surface area contributed by atoms with Gasteiger partial charge < -0.3 is 4.74 Å². The number of rotatable bonds is 5. The average Bonchev–Trinajstić information content (AvgIpc) is 3.07. The first-order valence-corrected chi connectivity index (χ1v) is 8.66. The number of ether oxygens (including phenoxy) is 1. The van der Waals surface area contributed by atoms with Crippen molar-refractivity contribution >= 4 is 28.2 Å². The minimum absolute atomic E-state index is 0.0744. The van der Waals surface area contributed by atoms with Gasteiger partial charge >= 0.3 is 0 Å². The zero-order valence-corrected chi connectivity index (χ0v) is 15.0. The van der Waals surface area contributed by atoms with E-state index in [2.05, 4.69) is 29.2 Å². The van der Waals surface area contributed by atoms with Gasteiger partial charge in [-0.05, 0) is 37.0 Å². The lowest BCUT2D eigenvalue weighted by molar-refractivity contribution is -0.118. The van der Waals surface area contributed by atoms with E-state index in [0.717, 1.165) is 27.5 Å². The van der Waals surface area contributed by atoms with Crippen LogP contribution in [-0.4, -0.2) is 27.1 Å². The second kappa shape index (κ2) is 6.60. The summed E-state index contributed by atoms with van der Waals surface area (Å²) in [7, 11) is 0. The minimum Gasteiger partial charge on any atom is -0.483 e. The lowest BCUT2D eigenvalue weighted by Crippen LogP contribution is -2.21. The molecule has 2 aromatic heterocycles. The Kier molecular flexibility index (Phi) is 4.53. The summed E-state index contributed by atoms with van der Waals surface area (Å²) in [5.74, 6) is 1.09. The number of nitrogens with zero attached hydrogens (tertiary/aromatic N) is 3. The minimum atomic E-state index is -0.276. The van der Waals surface area contributed by atoms with Gasteiger partial charge in [-0.3, -0.25) is 10.1 Å². The lowest BCUT2D eigenvalue weighted by Gasteiger charge is -2.14. The smallest absolute Gasteiger partial charge is 0.264 e. The topological polar surface area (TPSA) is 68.5 Å². The molecule has 1 aromatic carbocycles. The largest absolute Gasteiger partial charge is 0.483 e. The summed E-state index contributed by atoms with van der Waals surface area (Å²) in [6.45, 7) is 8.07. The Labute approximate surface area is 144 Å². The monoisotopic (exact) mass is 344 g/mol. The molecule has 1 N–H and O–H groups in total. The fourth-order valence-corrected chi connectivity index (χ4v) is 3.19.